The predicted octanol–water partition coefficient (Wildman–Crippen LogP) is 3.72. The second-order valence-corrected chi connectivity index (χ2v) is 6.91. The molecule has 130 valence electrons. The lowest BCUT2D eigenvalue weighted by molar-refractivity contribution is 0.366. The molecular formula is C20H24N4S. The monoisotopic (exact) mass is 352 g/mol. The molecule has 25 heavy (non-hydrogen) atoms. The van der Waals surface area contributed by atoms with Crippen molar-refractivity contribution in [2.24, 2.45) is 5.10 Å². The molecule has 0 amide bonds. The Balaban J connectivity index is 1.92. The summed E-state index contributed by atoms with van der Waals surface area (Å²) >= 11 is 5.48. The van der Waals surface area contributed by atoms with E-state index in [4.69, 9.17) is 17.3 Å². The topological polar surface area (TPSA) is 30.9 Å². The van der Waals surface area contributed by atoms with Gasteiger partial charge in [-0.2, -0.15) is 5.10 Å². The fraction of sp³-hybridized carbons (Fsp3) is 0.300. The number of hydrazone groups is 1. The first kappa shape index (κ1) is 17.4. The number of rotatable bonds is 3. The average molecular weight is 353 g/mol. The van der Waals surface area contributed by atoms with Gasteiger partial charge in [0.1, 0.15) is 0 Å². The number of aryl methyl sites for hydroxylation is 1. The molecule has 0 radical (unpaired) electrons. The maximum Gasteiger partial charge on any atom is 0.189 e. The molecule has 1 heterocycles. The molecule has 0 aliphatic carbocycles. The summed E-state index contributed by atoms with van der Waals surface area (Å²) in [7, 11) is 5.93. The van der Waals surface area contributed by atoms with Crippen LogP contribution < -0.4 is 10.2 Å². The number of nitrogens with zero attached hydrogens (tertiary/aromatic N) is 3. The summed E-state index contributed by atoms with van der Waals surface area (Å²) in [6.45, 7) is 2.11. The van der Waals surface area contributed by atoms with Crippen LogP contribution in [0.5, 0.6) is 0 Å². The van der Waals surface area contributed by atoms with Crippen LogP contribution in [0.15, 0.2) is 53.6 Å². The summed E-state index contributed by atoms with van der Waals surface area (Å²) in [4.78, 5) is 2.10. The number of anilines is 1. The van der Waals surface area contributed by atoms with Crippen molar-refractivity contribution < 1.29 is 0 Å². The second kappa shape index (κ2) is 7.23. The molecule has 0 aromatic heterocycles. The van der Waals surface area contributed by atoms with Crippen molar-refractivity contribution >= 4 is 28.7 Å². The number of nitrogens with one attached hydrogen (secondary N) is 1. The number of benzene rings is 2. The molecule has 0 fully saturated rings. The van der Waals surface area contributed by atoms with Crippen molar-refractivity contribution in [3.8, 4) is 0 Å². The van der Waals surface area contributed by atoms with Gasteiger partial charge < -0.3 is 10.2 Å². The third kappa shape index (κ3) is 3.66. The van der Waals surface area contributed by atoms with Crippen molar-refractivity contribution in [1.82, 2.24) is 10.3 Å². The molecule has 1 aliphatic rings. The largest absolute Gasteiger partial charge is 0.378 e. The Morgan fingerprint density at radius 1 is 1.20 bits per heavy atom. The Hall–Kier alpha value is -2.40. The van der Waals surface area contributed by atoms with E-state index in [1.165, 1.54) is 16.8 Å². The minimum atomic E-state index is 0.128. The Bertz CT molecular complexity index is 796. The SMILES string of the molecule is CNC(=S)N1N=C(c2ccc(N(C)C)cc2)C[C@H]1c1cccc(C)c1. The Morgan fingerprint density at radius 3 is 2.52 bits per heavy atom. The van der Waals surface area contributed by atoms with Crippen LogP contribution in [0.25, 0.3) is 0 Å². The highest BCUT2D eigenvalue weighted by molar-refractivity contribution is 7.80. The first-order valence-corrected chi connectivity index (χ1v) is 8.83. The van der Waals surface area contributed by atoms with E-state index in [2.05, 4.69) is 65.7 Å². The minimum absolute atomic E-state index is 0.128. The summed E-state index contributed by atoms with van der Waals surface area (Å²) in [5.74, 6) is 0. The van der Waals surface area contributed by atoms with Gasteiger partial charge in [0.15, 0.2) is 5.11 Å². The van der Waals surface area contributed by atoms with Gasteiger partial charge >= 0.3 is 0 Å². The summed E-state index contributed by atoms with van der Waals surface area (Å²) in [5.41, 5.74) is 5.87. The summed E-state index contributed by atoms with van der Waals surface area (Å²) in [6.07, 6.45) is 0.840. The lowest BCUT2D eigenvalue weighted by Crippen LogP contribution is -2.34. The third-order valence-corrected chi connectivity index (χ3v) is 4.87. The standard InChI is InChI=1S/C20H24N4S/c1-14-6-5-7-16(12-14)19-13-18(22-24(19)20(25)21-2)15-8-10-17(11-9-15)23(3)4/h5-12,19H,13H2,1-4H3,(H,21,25)/t19-/m0/s1. The van der Waals surface area contributed by atoms with Gasteiger partial charge in [-0.1, -0.05) is 42.0 Å². The highest BCUT2D eigenvalue weighted by Gasteiger charge is 2.31. The van der Waals surface area contributed by atoms with Gasteiger partial charge in [-0.15, -0.1) is 0 Å². The Kier molecular flexibility index (Phi) is 5.04. The highest BCUT2D eigenvalue weighted by Crippen LogP contribution is 2.33. The number of hydrogen-bond donors (Lipinski definition) is 1. The van der Waals surface area contributed by atoms with Crippen LogP contribution in [0.1, 0.15) is 29.2 Å². The first-order valence-electron chi connectivity index (χ1n) is 8.42. The molecule has 1 aliphatic heterocycles. The number of hydrogen-bond acceptors (Lipinski definition) is 3. The molecule has 0 saturated carbocycles. The van der Waals surface area contributed by atoms with Gasteiger partial charge in [0.2, 0.25) is 0 Å². The van der Waals surface area contributed by atoms with Crippen molar-refractivity contribution in [3.05, 3.63) is 65.2 Å². The molecule has 0 spiro atoms. The van der Waals surface area contributed by atoms with Gasteiger partial charge in [0.05, 0.1) is 11.8 Å². The molecule has 0 unspecified atom stereocenters. The van der Waals surface area contributed by atoms with Crippen LogP contribution in [0.2, 0.25) is 0 Å². The molecule has 2 aromatic carbocycles. The van der Waals surface area contributed by atoms with Crippen molar-refractivity contribution in [1.29, 1.82) is 0 Å². The van der Waals surface area contributed by atoms with Gasteiger partial charge in [0, 0.05) is 33.3 Å². The molecule has 1 N–H and O–H groups in total. The maximum absolute atomic E-state index is 5.48. The molecule has 1 atom stereocenters. The lowest BCUT2D eigenvalue weighted by atomic mass is 9.97. The highest BCUT2D eigenvalue weighted by atomic mass is 32.1. The van der Waals surface area contributed by atoms with E-state index in [1.54, 1.807) is 0 Å². The fourth-order valence-electron chi connectivity index (χ4n) is 3.08. The van der Waals surface area contributed by atoms with E-state index in [9.17, 15) is 0 Å². The smallest absolute Gasteiger partial charge is 0.189 e. The van der Waals surface area contributed by atoms with Crippen LogP contribution in [0, 0.1) is 6.92 Å². The minimum Gasteiger partial charge on any atom is -0.378 e. The van der Waals surface area contributed by atoms with Crippen LogP contribution in [-0.4, -0.2) is 37.0 Å². The lowest BCUT2D eigenvalue weighted by Gasteiger charge is -2.24. The Labute approximate surface area is 155 Å². The zero-order chi connectivity index (χ0) is 18.0. The van der Waals surface area contributed by atoms with E-state index < -0.39 is 0 Å². The van der Waals surface area contributed by atoms with E-state index in [-0.39, 0.29) is 6.04 Å². The summed E-state index contributed by atoms with van der Waals surface area (Å²) < 4.78 is 0. The van der Waals surface area contributed by atoms with Gasteiger partial charge in [0.25, 0.3) is 0 Å². The maximum atomic E-state index is 5.48. The van der Waals surface area contributed by atoms with E-state index in [0.29, 0.717) is 5.11 Å². The van der Waals surface area contributed by atoms with Crippen LogP contribution in [-0.2, 0) is 0 Å². The van der Waals surface area contributed by atoms with E-state index >= 15 is 0 Å². The second-order valence-electron chi connectivity index (χ2n) is 6.52. The normalized spacial score (nSPS) is 16.6. The molecule has 3 rings (SSSR count). The summed E-state index contributed by atoms with van der Waals surface area (Å²) in [5, 5.41) is 10.5. The third-order valence-electron chi connectivity index (χ3n) is 4.48. The molecule has 4 nitrogen and oxygen atoms in total. The van der Waals surface area contributed by atoms with Crippen molar-refractivity contribution in [2.75, 3.05) is 26.0 Å². The predicted molar refractivity (Wildman–Crippen MR) is 109 cm³/mol. The zero-order valence-electron chi connectivity index (χ0n) is 15.2. The van der Waals surface area contributed by atoms with Gasteiger partial charge in [-0.25, -0.2) is 5.01 Å². The zero-order valence-corrected chi connectivity index (χ0v) is 16.0. The van der Waals surface area contributed by atoms with Gasteiger partial charge in [-0.3, -0.25) is 0 Å². The molecule has 0 bridgehead atoms. The van der Waals surface area contributed by atoms with Crippen LogP contribution in [0.4, 0.5) is 5.69 Å². The quantitative estimate of drug-likeness (QED) is 0.853. The molecule has 2 aromatic rings. The Morgan fingerprint density at radius 2 is 1.92 bits per heavy atom. The first-order chi connectivity index (χ1) is 12.0. The van der Waals surface area contributed by atoms with Crippen LogP contribution >= 0.6 is 12.2 Å². The van der Waals surface area contributed by atoms with Crippen molar-refractivity contribution in [3.63, 3.8) is 0 Å². The molecule has 5 heteroatoms. The summed E-state index contributed by atoms with van der Waals surface area (Å²) in [6, 6.07) is 17.2. The van der Waals surface area contributed by atoms with E-state index in [0.717, 1.165) is 17.7 Å². The van der Waals surface area contributed by atoms with Crippen molar-refractivity contribution in [2.45, 2.75) is 19.4 Å². The van der Waals surface area contributed by atoms with Crippen LogP contribution in [0.3, 0.4) is 0 Å². The fourth-order valence-corrected chi connectivity index (χ4v) is 3.24. The molecular weight excluding hydrogens is 328 g/mol. The van der Waals surface area contributed by atoms with Gasteiger partial charge in [-0.05, 0) is 42.4 Å². The average Bonchev–Trinajstić information content (AvgIpc) is 3.06. The van der Waals surface area contributed by atoms with E-state index in [1.807, 2.05) is 26.2 Å². The molecule has 0 saturated heterocycles. The number of thiocarbonyl (C=S) groups is 1.